The zero-order valence-electron chi connectivity index (χ0n) is 12.1. The van der Waals surface area contributed by atoms with Crippen molar-refractivity contribution in [3.63, 3.8) is 0 Å². The maximum absolute atomic E-state index is 7.90. The van der Waals surface area contributed by atoms with Gasteiger partial charge in [0.25, 0.3) is 0 Å². The summed E-state index contributed by atoms with van der Waals surface area (Å²) in [6.07, 6.45) is 1.91. The highest BCUT2D eigenvalue weighted by Gasteiger charge is 2.14. The molecule has 0 saturated carbocycles. The van der Waals surface area contributed by atoms with Gasteiger partial charge in [0.15, 0.2) is 5.17 Å². The van der Waals surface area contributed by atoms with Crippen molar-refractivity contribution in [1.29, 1.82) is 5.41 Å². The van der Waals surface area contributed by atoms with Gasteiger partial charge in [0.1, 0.15) is 0 Å². The van der Waals surface area contributed by atoms with Crippen molar-refractivity contribution in [1.82, 2.24) is 5.32 Å². The lowest BCUT2D eigenvalue weighted by Crippen LogP contribution is -2.26. The number of amidine groups is 1. The van der Waals surface area contributed by atoms with Gasteiger partial charge in [0, 0.05) is 0 Å². The first-order valence-corrected chi connectivity index (χ1v) is 7.85. The van der Waals surface area contributed by atoms with Crippen LogP contribution in [-0.2, 0) is 0 Å². The molecule has 0 saturated heterocycles. The first-order chi connectivity index (χ1) is 9.60. The summed E-state index contributed by atoms with van der Waals surface area (Å²) in [7, 11) is 0. The van der Waals surface area contributed by atoms with Crippen LogP contribution in [0.2, 0.25) is 0 Å². The first kappa shape index (κ1) is 14.7. The fourth-order valence-corrected chi connectivity index (χ4v) is 2.30. The van der Waals surface area contributed by atoms with Crippen LogP contribution in [0.4, 0.5) is 0 Å². The van der Waals surface area contributed by atoms with Crippen molar-refractivity contribution >= 4 is 16.9 Å². The SMILES string of the molecule is CSC(=N)NC(c1ccc(C)cc1)c1ccc(C)cc1. The molecule has 2 nitrogen and oxygen atoms in total. The normalized spacial score (nSPS) is 10.6. The molecule has 0 aliphatic rings. The number of nitrogens with one attached hydrogen (secondary N) is 2. The number of hydrogen-bond acceptors (Lipinski definition) is 2. The molecule has 2 N–H and O–H groups in total. The third kappa shape index (κ3) is 3.64. The number of rotatable bonds is 3. The Morgan fingerprint density at radius 2 is 1.30 bits per heavy atom. The molecular weight excluding hydrogens is 264 g/mol. The van der Waals surface area contributed by atoms with E-state index in [4.69, 9.17) is 5.41 Å². The van der Waals surface area contributed by atoms with E-state index in [9.17, 15) is 0 Å². The van der Waals surface area contributed by atoms with Crippen LogP contribution >= 0.6 is 11.8 Å². The summed E-state index contributed by atoms with van der Waals surface area (Å²) in [5, 5.41) is 11.7. The molecule has 0 fully saturated rings. The number of hydrogen-bond donors (Lipinski definition) is 2. The Morgan fingerprint density at radius 3 is 1.65 bits per heavy atom. The molecule has 3 heteroatoms. The van der Waals surface area contributed by atoms with Gasteiger partial charge in [0.2, 0.25) is 0 Å². The predicted octanol–water partition coefficient (Wildman–Crippen LogP) is 4.28. The van der Waals surface area contributed by atoms with Gasteiger partial charge in [-0.3, -0.25) is 5.41 Å². The maximum Gasteiger partial charge on any atom is 0.154 e. The minimum Gasteiger partial charge on any atom is -0.354 e. The highest BCUT2D eigenvalue weighted by Crippen LogP contribution is 2.23. The molecule has 2 rings (SSSR count). The van der Waals surface area contributed by atoms with Gasteiger partial charge in [-0.1, -0.05) is 71.4 Å². The van der Waals surface area contributed by atoms with Crippen molar-refractivity contribution in [3.8, 4) is 0 Å². The van der Waals surface area contributed by atoms with Crippen LogP contribution in [0, 0.1) is 19.3 Å². The molecule has 20 heavy (non-hydrogen) atoms. The smallest absolute Gasteiger partial charge is 0.154 e. The third-order valence-electron chi connectivity index (χ3n) is 3.30. The first-order valence-electron chi connectivity index (χ1n) is 6.62. The number of benzene rings is 2. The Kier molecular flexibility index (Phi) is 4.85. The zero-order valence-corrected chi connectivity index (χ0v) is 12.9. The fraction of sp³-hybridized carbons (Fsp3) is 0.235. The summed E-state index contributed by atoms with van der Waals surface area (Å²) in [6, 6.07) is 17.0. The van der Waals surface area contributed by atoms with Crippen molar-refractivity contribution in [2.45, 2.75) is 19.9 Å². The van der Waals surface area contributed by atoms with E-state index in [0.717, 1.165) is 0 Å². The lowest BCUT2D eigenvalue weighted by molar-refractivity contribution is 0.766. The number of aryl methyl sites for hydroxylation is 2. The lowest BCUT2D eigenvalue weighted by atomic mass is 9.97. The zero-order chi connectivity index (χ0) is 14.5. The molecule has 0 aliphatic carbocycles. The standard InChI is InChI=1S/C17H20N2S/c1-12-4-8-14(9-5-12)16(19-17(18)20-3)15-10-6-13(2)7-11-15/h4-11,16H,1-3H3,(H2,18,19). The summed E-state index contributed by atoms with van der Waals surface area (Å²) < 4.78 is 0. The lowest BCUT2D eigenvalue weighted by Gasteiger charge is -2.21. The van der Waals surface area contributed by atoms with Crippen LogP contribution in [-0.4, -0.2) is 11.4 Å². The van der Waals surface area contributed by atoms with E-state index in [0.29, 0.717) is 5.17 Å². The van der Waals surface area contributed by atoms with E-state index >= 15 is 0 Å². The van der Waals surface area contributed by atoms with Gasteiger partial charge < -0.3 is 5.32 Å². The van der Waals surface area contributed by atoms with Gasteiger partial charge in [0.05, 0.1) is 6.04 Å². The summed E-state index contributed by atoms with van der Waals surface area (Å²) in [5.74, 6) is 0. The Morgan fingerprint density at radius 1 is 0.900 bits per heavy atom. The number of thioether (sulfide) groups is 1. The van der Waals surface area contributed by atoms with Crippen LogP contribution in [0.3, 0.4) is 0 Å². The quantitative estimate of drug-likeness (QED) is 0.652. The molecule has 0 radical (unpaired) electrons. The van der Waals surface area contributed by atoms with Crippen LogP contribution in [0.15, 0.2) is 48.5 Å². The minimum atomic E-state index is 0.0242. The Labute approximate surface area is 125 Å². The molecule has 0 spiro atoms. The molecule has 0 unspecified atom stereocenters. The van der Waals surface area contributed by atoms with Crippen molar-refractivity contribution in [2.24, 2.45) is 0 Å². The molecule has 2 aromatic rings. The summed E-state index contributed by atoms with van der Waals surface area (Å²) in [5.41, 5.74) is 4.85. The fourth-order valence-electron chi connectivity index (χ4n) is 2.07. The monoisotopic (exact) mass is 284 g/mol. The van der Waals surface area contributed by atoms with E-state index in [1.807, 2.05) is 6.26 Å². The molecule has 0 amide bonds. The van der Waals surface area contributed by atoms with Gasteiger partial charge in [-0.25, -0.2) is 0 Å². The molecule has 0 heterocycles. The van der Waals surface area contributed by atoms with Gasteiger partial charge in [-0.2, -0.15) is 0 Å². The van der Waals surface area contributed by atoms with E-state index in [1.54, 1.807) is 0 Å². The minimum absolute atomic E-state index is 0.0242. The van der Waals surface area contributed by atoms with E-state index in [1.165, 1.54) is 34.0 Å². The second-order valence-corrected chi connectivity index (χ2v) is 5.75. The van der Waals surface area contributed by atoms with Crippen LogP contribution < -0.4 is 5.32 Å². The van der Waals surface area contributed by atoms with Gasteiger partial charge in [-0.05, 0) is 31.2 Å². The molecule has 0 aromatic heterocycles. The van der Waals surface area contributed by atoms with Crippen LogP contribution in [0.1, 0.15) is 28.3 Å². The van der Waals surface area contributed by atoms with Crippen molar-refractivity contribution < 1.29 is 0 Å². The highest BCUT2D eigenvalue weighted by atomic mass is 32.2. The summed E-state index contributed by atoms with van der Waals surface area (Å²) >= 11 is 1.42. The average Bonchev–Trinajstić information content (AvgIpc) is 2.46. The second kappa shape index (κ2) is 6.62. The van der Waals surface area contributed by atoms with Crippen molar-refractivity contribution in [2.75, 3.05) is 6.26 Å². The van der Waals surface area contributed by atoms with Crippen molar-refractivity contribution in [3.05, 3.63) is 70.8 Å². The second-order valence-electron chi connectivity index (χ2n) is 4.93. The third-order valence-corrected chi connectivity index (χ3v) is 3.83. The molecular formula is C17H20N2S. The van der Waals surface area contributed by atoms with E-state index < -0.39 is 0 Å². The predicted molar refractivity (Wildman–Crippen MR) is 88.6 cm³/mol. The Hall–Kier alpha value is -1.74. The topological polar surface area (TPSA) is 35.9 Å². The Balaban J connectivity index is 2.35. The van der Waals surface area contributed by atoms with Gasteiger partial charge in [-0.15, -0.1) is 0 Å². The van der Waals surface area contributed by atoms with E-state index in [2.05, 4.69) is 67.7 Å². The molecule has 0 atom stereocenters. The molecule has 0 aliphatic heterocycles. The molecule has 2 aromatic carbocycles. The maximum atomic E-state index is 7.90. The van der Waals surface area contributed by atoms with E-state index in [-0.39, 0.29) is 6.04 Å². The summed E-state index contributed by atoms with van der Waals surface area (Å²) in [4.78, 5) is 0. The molecule has 104 valence electrons. The highest BCUT2D eigenvalue weighted by molar-refractivity contribution is 8.13. The molecule has 0 bridgehead atoms. The Bertz CT molecular complexity index is 527. The van der Waals surface area contributed by atoms with Crippen LogP contribution in [0.25, 0.3) is 0 Å². The van der Waals surface area contributed by atoms with Gasteiger partial charge >= 0.3 is 0 Å². The average molecular weight is 284 g/mol. The summed E-state index contributed by atoms with van der Waals surface area (Å²) in [6.45, 7) is 4.17. The largest absolute Gasteiger partial charge is 0.354 e. The van der Waals surface area contributed by atoms with Crippen LogP contribution in [0.5, 0.6) is 0 Å².